The first-order valence-electron chi connectivity index (χ1n) is 6.00. The van der Waals surface area contributed by atoms with Crippen LogP contribution in [-0.2, 0) is 9.59 Å². The largest absolute Gasteiger partial charge is 0.343 e. The van der Waals surface area contributed by atoms with Gasteiger partial charge in [-0.05, 0) is 33.6 Å². The third kappa shape index (κ3) is 1.93. The van der Waals surface area contributed by atoms with Crippen molar-refractivity contribution in [2.24, 2.45) is 0 Å². The smallest absolute Gasteiger partial charge is 0.246 e. The Bertz CT molecular complexity index is 295. The van der Waals surface area contributed by atoms with Crippen molar-refractivity contribution in [3.05, 3.63) is 0 Å². The van der Waals surface area contributed by atoms with Gasteiger partial charge in [0, 0.05) is 6.04 Å². The zero-order valence-corrected chi connectivity index (χ0v) is 10.8. The molecule has 0 aromatic rings. The highest BCUT2D eigenvalue weighted by Gasteiger charge is 2.46. The van der Waals surface area contributed by atoms with E-state index in [-0.39, 0.29) is 17.9 Å². The molecule has 4 nitrogen and oxygen atoms in total. The SMILES string of the molecule is CCC(CC)N1C(=O)C(C)NC(=O)C1(C)C. The van der Waals surface area contributed by atoms with Crippen LogP contribution in [0.1, 0.15) is 47.5 Å². The molecule has 92 valence electrons. The molecular weight excluding hydrogens is 204 g/mol. The first-order valence-corrected chi connectivity index (χ1v) is 6.00. The van der Waals surface area contributed by atoms with Gasteiger partial charge in [-0.1, -0.05) is 13.8 Å². The minimum absolute atomic E-state index is 0.0262. The molecule has 4 heteroatoms. The van der Waals surface area contributed by atoms with Crippen molar-refractivity contribution >= 4 is 11.8 Å². The Kier molecular flexibility index (Phi) is 3.61. The van der Waals surface area contributed by atoms with Gasteiger partial charge in [0.25, 0.3) is 0 Å². The molecule has 0 aromatic carbocycles. The van der Waals surface area contributed by atoms with Crippen molar-refractivity contribution in [1.29, 1.82) is 0 Å². The van der Waals surface area contributed by atoms with Gasteiger partial charge < -0.3 is 10.2 Å². The third-order valence-corrected chi connectivity index (χ3v) is 3.42. The standard InChI is InChI=1S/C12H22N2O2/c1-6-9(7-2)14-10(15)8(3)13-11(16)12(14,4)5/h8-9H,6-7H2,1-5H3,(H,13,16). The Labute approximate surface area is 97.4 Å². The Morgan fingerprint density at radius 1 is 1.31 bits per heavy atom. The predicted molar refractivity (Wildman–Crippen MR) is 62.9 cm³/mol. The molecule has 0 aliphatic carbocycles. The lowest BCUT2D eigenvalue weighted by atomic mass is 9.92. The van der Waals surface area contributed by atoms with Crippen LogP contribution in [0, 0.1) is 0 Å². The maximum absolute atomic E-state index is 12.2. The van der Waals surface area contributed by atoms with E-state index < -0.39 is 11.6 Å². The van der Waals surface area contributed by atoms with Crippen molar-refractivity contribution in [1.82, 2.24) is 10.2 Å². The highest BCUT2D eigenvalue weighted by Crippen LogP contribution is 2.26. The zero-order chi connectivity index (χ0) is 12.5. The van der Waals surface area contributed by atoms with Crippen molar-refractivity contribution in [2.75, 3.05) is 0 Å². The first-order chi connectivity index (χ1) is 7.36. The van der Waals surface area contributed by atoms with Gasteiger partial charge >= 0.3 is 0 Å². The Morgan fingerprint density at radius 2 is 1.81 bits per heavy atom. The lowest BCUT2D eigenvalue weighted by Crippen LogP contribution is -2.69. The quantitative estimate of drug-likeness (QED) is 0.788. The summed E-state index contributed by atoms with van der Waals surface area (Å²) in [5.41, 5.74) is -0.736. The number of nitrogens with zero attached hydrogens (tertiary/aromatic N) is 1. The average molecular weight is 226 g/mol. The van der Waals surface area contributed by atoms with Crippen LogP contribution in [0.15, 0.2) is 0 Å². The molecule has 0 spiro atoms. The van der Waals surface area contributed by atoms with E-state index in [0.717, 1.165) is 12.8 Å². The van der Waals surface area contributed by atoms with Gasteiger partial charge in [0.15, 0.2) is 0 Å². The highest BCUT2D eigenvalue weighted by atomic mass is 16.2. The molecule has 1 aliphatic heterocycles. The molecule has 1 heterocycles. The number of hydrogen-bond acceptors (Lipinski definition) is 2. The summed E-state index contributed by atoms with van der Waals surface area (Å²) in [5, 5.41) is 2.72. The van der Waals surface area contributed by atoms with E-state index in [2.05, 4.69) is 19.2 Å². The minimum Gasteiger partial charge on any atom is -0.343 e. The van der Waals surface area contributed by atoms with Gasteiger partial charge in [-0.25, -0.2) is 0 Å². The zero-order valence-electron chi connectivity index (χ0n) is 10.8. The molecule has 0 saturated carbocycles. The predicted octanol–water partition coefficient (Wildman–Crippen LogP) is 1.30. The summed E-state index contributed by atoms with van der Waals surface area (Å²) >= 11 is 0. The number of amides is 2. The fraction of sp³-hybridized carbons (Fsp3) is 0.833. The van der Waals surface area contributed by atoms with Gasteiger partial charge in [0.1, 0.15) is 11.6 Å². The Hall–Kier alpha value is -1.06. The van der Waals surface area contributed by atoms with Crippen LogP contribution in [-0.4, -0.2) is 34.3 Å². The Balaban J connectivity index is 3.08. The van der Waals surface area contributed by atoms with Crippen LogP contribution < -0.4 is 5.32 Å². The van der Waals surface area contributed by atoms with E-state index in [4.69, 9.17) is 0 Å². The number of piperazine rings is 1. The van der Waals surface area contributed by atoms with Crippen molar-refractivity contribution in [3.8, 4) is 0 Å². The third-order valence-electron chi connectivity index (χ3n) is 3.42. The van der Waals surface area contributed by atoms with E-state index in [0.29, 0.717) is 0 Å². The van der Waals surface area contributed by atoms with Crippen LogP contribution >= 0.6 is 0 Å². The summed E-state index contributed by atoms with van der Waals surface area (Å²) in [6.07, 6.45) is 1.76. The molecule has 1 fully saturated rings. The average Bonchev–Trinajstić information content (AvgIpc) is 2.22. The molecular formula is C12H22N2O2. The molecule has 1 N–H and O–H groups in total. The lowest BCUT2D eigenvalue weighted by Gasteiger charge is -2.47. The van der Waals surface area contributed by atoms with Gasteiger partial charge in [0.05, 0.1) is 0 Å². The molecule has 1 unspecified atom stereocenters. The number of carbonyl (C=O) groups excluding carboxylic acids is 2. The lowest BCUT2D eigenvalue weighted by molar-refractivity contribution is -0.158. The molecule has 0 bridgehead atoms. The van der Waals surface area contributed by atoms with Crippen molar-refractivity contribution in [2.45, 2.75) is 65.1 Å². The molecule has 0 radical (unpaired) electrons. The second-order valence-corrected chi connectivity index (χ2v) is 4.93. The minimum atomic E-state index is -0.736. The highest BCUT2D eigenvalue weighted by molar-refractivity contribution is 5.99. The van der Waals surface area contributed by atoms with Gasteiger partial charge in [-0.3, -0.25) is 9.59 Å². The van der Waals surface area contributed by atoms with Crippen molar-refractivity contribution < 1.29 is 9.59 Å². The molecule has 1 atom stereocenters. The number of rotatable bonds is 3. The normalized spacial score (nSPS) is 24.9. The number of carbonyl (C=O) groups is 2. The molecule has 16 heavy (non-hydrogen) atoms. The van der Waals surface area contributed by atoms with Crippen LogP contribution in [0.2, 0.25) is 0 Å². The van der Waals surface area contributed by atoms with E-state index in [1.165, 1.54) is 0 Å². The van der Waals surface area contributed by atoms with E-state index >= 15 is 0 Å². The van der Waals surface area contributed by atoms with E-state index in [1.54, 1.807) is 11.8 Å². The maximum atomic E-state index is 12.2. The fourth-order valence-electron chi connectivity index (χ4n) is 2.32. The number of hydrogen-bond donors (Lipinski definition) is 1. The van der Waals surface area contributed by atoms with E-state index in [1.807, 2.05) is 13.8 Å². The summed E-state index contributed by atoms with van der Waals surface area (Å²) in [6, 6.07) is -0.253. The van der Waals surface area contributed by atoms with Crippen LogP contribution in [0.3, 0.4) is 0 Å². The second-order valence-electron chi connectivity index (χ2n) is 4.93. The summed E-state index contributed by atoms with van der Waals surface area (Å²) in [5.74, 6) is -0.0372. The summed E-state index contributed by atoms with van der Waals surface area (Å²) < 4.78 is 0. The van der Waals surface area contributed by atoms with Crippen LogP contribution in [0.4, 0.5) is 0 Å². The molecule has 0 aromatic heterocycles. The maximum Gasteiger partial charge on any atom is 0.246 e. The molecule has 2 amide bonds. The molecule has 1 saturated heterocycles. The molecule has 1 rings (SSSR count). The number of nitrogens with one attached hydrogen (secondary N) is 1. The fourth-order valence-corrected chi connectivity index (χ4v) is 2.32. The summed E-state index contributed by atoms with van der Waals surface area (Å²) in [7, 11) is 0. The Morgan fingerprint density at radius 3 is 2.25 bits per heavy atom. The summed E-state index contributed by atoms with van der Waals surface area (Å²) in [6.45, 7) is 9.46. The van der Waals surface area contributed by atoms with Crippen LogP contribution in [0.5, 0.6) is 0 Å². The molecule has 1 aliphatic rings. The second kappa shape index (κ2) is 4.44. The topological polar surface area (TPSA) is 49.4 Å². The van der Waals surface area contributed by atoms with E-state index in [9.17, 15) is 9.59 Å². The van der Waals surface area contributed by atoms with Gasteiger partial charge in [-0.15, -0.1) is 0 Å². The van der Waals surface area contributed by atoms with Crippen LogP contribution in [0.25, 0.3) is 0 Å². The monoisotopic (exact) mass is 226 g/mol. The first kappa shape index (κ1) is 13.0. The van der Waals surface area contributed by atoms with Gasteiger partial charge in [0.2, 0.25) is 11.8 Å². The summed E-state index contributed by atoms with van der Waals surface area (Å²) in [4.78, 5) is 25.8. The van der Waals surface area contributed by atoms with Gasteiger partial charge in [-0.2, -0.15) is 0 Å². The van der Waals surface area contributed by atoms with Crippen molar-refractivity contribution in [3.63, 3.8) is 0 Å².